The van der Waals surface area contributed by atoms with Gasteiger partial charge < -0.3 is 5.73 Å². The quantitative estimate of drug-likeness (QED) is 0.703. The lowest BCUT2D eigenvalue weighted by atomic mass is 10.1. The van der Waals surface area contributed by atoms with Gasteiger partial charge in [-0.2, -0.15) is 9.61 Å². The van der Waals surface area contributed by atoms with E-state index in [0.717, 1.165) is 30.2 Å². The Labute approximate surface area is 144 Å². The van der Waals surface area contributed by atoms with Crippen LogP contribution in [0.4, 0.5) is 0 Å². The van der Waals surface area contributed by atoms with Gasteiger partial charge >= 0.3 is 0 Å². The second kappa shape index (κ2) is 7.65. The molecule has 0 saturated heterocycles. The second-order valence-electron chi connectivity index (χ2n) is 5.73. The van der Waals surface area contributed by atoms with E-state index in [1.165, 1.54) is 27.5 Å². The second-order valence-corrected chi connectivity index (χ2v) is 6.77. The summed E-state index contributed by atoms with van der Waals surface area (Å²) in [6, 6.07) is 11.9. The van der Waals surface area contributed by atoms with Crippen LogP contribution >= 0.6 is 11.3 Å². The summed E-state index contributed by atoms with van der Waals surface area (Å²) >= 11 is 1.46. The zero-order chi connectivity index (χ0) is 16.9. The Bertz CT molecular complexity index is 858. The van der Waals surface area contributed by atoms with Crippen molar-refractivity contribution in [3.63, 3.8) is 0 Å². The summed E-state index contributed by atoms with van der Waals surface area (Å²) in [6.45, 7) is 4.79. The highest BCUT2D eigenvalue weighted by molar-refractivity contribution is 7.16. The maximum Gasteiger partial charge on any atom is 0.275 e. The Hall–Kier alpha value is -2.09. The van der Waals surface area contributed by atoms with Gasteiger partial charge in [-0.15, -0.1) is 0 Å². The molecule has 24 heavy (non-hydrogen) atoms. The highest BCUT2D eigenvalue weighted by Crippen LogP contribution is 2.14. The average molecular weight is 343 g/mol. The largest absolute Gasteiger partial charge is 0.329 e. The van der Waals surface area contributed by atoms with Crippen LogP contribution < -0.4 is 11.3 Å². The van der Waals surface area contributed by atoms with Crippen LogP contribution in [0, 0.1) is 6.92 Å². The maximum atomic E-state index is 12.0. The lowest BCUT2D eigenvalue weighted by molar-refractivity contribution is 0.275. The van der Waals surface area contributed by atoms with E-state index < -0.39 is 0 Å². The molecule has 0 aliphatic heterocycles. The number of fused-ring (bicyclic) bond motifs is 1. The Balaban J connectivity index is 1.73. The number of rotatable bonds is 7. The number of aryl methyl sites for hydroxylation is 1. The first-order chi connectivity index (χ1) is 11.7. The number of benzene rings is 1. The number of hydrogen-bond acceptors (Lipinski definition) is 6. The van der Waals surface area contributed by atoms with Crippen LogP contribution in [0.1, 0.15) is 16.3 Å². The van der Waals surface area contributed by atoms with E-state index in [0.29, 0.717) is 18.1 Å². The van der Waals surface area contributed by atoms with E-state index in [1.54, 1.807) is 0 Å². The molecular formula is C17H21N5OS. The highest BCUT2D eigenvalue weighted by Gasteiger charge is 2.12. The van der Waals surface area contributed by atoms with Crippen molar-refractivity contribution < 1.29 is 0 Å². The van der Waals surface area contributed by atoms with E-state index in [1.807, 2.05) is 13.0 Å². The normalized spacial score (nSPS) is 11.5. The Morgan fingerprint density at radius 3 is 2.79 bits per heavy atom. The molecular weight excluding hydrogens is 322 g/mol. The summed E-state index contributed by atoms with van der Waals surface area (Å²) in [4.78, 5) is 19.3. The van der Waals surface area contributed by atoms with Crippen LogP contribution in [-0.2, 0) is 13.0 Å². The summed E-state index contributed by atoms with van der Waals surface area (Å²) in [5.74, 6) is 0. The molecule has 0 aliphatic carbocycles. The van der Waals surface area contributed by atoms with E-state index in [-0.39, 0.29) is 5.56 Å². The molecule has 2 N–H and O–H groups in total. The van der Waals surface area contributed by atoms with Gasteiger partial charge in [0.2, 0.25) is 4.96 Å². The number of aromatic nitrogens is 3. The van der Waals surface area contributed by atoms with Gasteiger partial charge in [-0.1, -0.05) is 41.7 Å². The smallest absolute Gasteiger partial charge is 0.275 e. The van der Waals surface area contributed by atoms with Crippen LogP contribution in [0.2, 0.25) is 0 Å². The van der Waals surface area contributed by atoms with Crippen LogP contribution in [0.3, 0.4) is 0 Å². The molecule has 0 saturated carbocycles. The first-order valence-electron chi connectivity index (χ1n) is 7.98. The fourth-order valence-corrected chi connectivity index (χ4v) is 3.59. The van der Waals surface area contributed by atoms with Crippen LogP contribution in [0.25, 0.3) is 4.96 Å². The molecule has 0 atom stereocenters. The van der Waals surface area contributed by atoms with Gasteiger partial charge in [0.1, 0.15) is 5.01 Å². The highest BCUT2D eigenvalue weighted by atomic mass is 32.1. The summed E-state index contributed by atoms with van der Waals surface area (Å²) < 4.78 is 1.38. The monoisotopic (exact) mass is 343 g/mol. The molecule has 0 aliphatic rings. The number of nitrogens with two attached hydrogens (primary N) is 1. The SMILES string of the molecule is Cc1cc(=O)n2nc(CN(CCN)CCc3ccccc3)sc2n1. The first-order valence-corrected chi connectivity index (χ1v) is 8.80. The van der Waals surface area contributed by atoms with Gasteiger partial charge in [0.15, 0.2) is 0 Å². The van der Waals surface area contributed by atoms with E-state index >= 15 is 0 Å². The maximum absolute atomic E-state index is 12.0. The van der Waals surface area contributed by atoms with Crippen molar-refractivity contribution in [1.82, 2.24) is 19.5 Å². The van der Waals surface area contributed by atoms with Gasteiger partial charge in [-0.25, -0.2) is 4.98 Å². The first kappa shape index (κ1) is 16.8. The zero-order valence-electron chi connectivity index (χ0n) is 13.7. The molecule has 7 heteroatoms. The summed E-state index contributed by atoms with van der Waals surface area (Å²) in [5, 5.41) is 5.29. The molecule has 0 unspecified atom stereocenters. The van der Waals surface area contributed by atoms with Crippen molar-refractivity contribution in [2.75, 3.05) is 19.6 Å². The van der Waals surface area contributed by atoms with Crippen molar-refractivity contribution >= 4 is 16.3 Å². The van der Waals surface area contributed by atoms with Gasteiger partial charge in [-0.3, -0.25) is 9.69 Å². The third-order valence-electron chi connectivity index (χ3n) is 3.78. The fraction of sp³-hybridized carbons (Fsp3) is 0.353. The summed E-state index contributed by atoms with van der Waals surface area (Å²) in [7, 11) is 0. The fourth-order valence-electron chi connectivity index (χ4n) is 2.60. The third kappa shape index (κ3) is 4.05. The molecule has 2 heterocycles. The molecule has 1 aromatic carbocycles. The number of nitrogens with zero attached hydrogens (tertiary/aromatic N) is 4. The predicted molar refractivity (Wildman–Crippen MR) is 96.3 cm³/mol. The average Bonchev–Trinajstić information content (AvgIpc) is 2.96. The summed E-state index contributed by atoms with van der Waals surface area (Å²) in [6.07, 6.45) is 0.961. The Morgan fingerprint density at radius 2 is 2.04 bits per heavy atom. The molecule has 3 rings (SSSR count). The zero-order valence-corrected chi connectivity index (χ0v) is 14.5. The lowest BCUT2D eigenvalue weighted by Crippen LogP contribution is -2.31. The Kier molecular flexibility index (Phi) is 5.34. The van der Waals surface area contributed by atoms with Crippen molar-refractivity contribution in [2.45, 2.75) is 19.9 Å². The van der Waals surface area contributed by atoms with Gasteiger partial charge in [0, 0.05) is 31.4 Å². The molecule has 0 amide bonds. The minimum Gasteiger partial charge on any atom is -0.329 e. The van der Waals surface area contributed by atoms with Gasteiger partial charge in [0.25, 0.3) is 5.56 Å². The van der Waals surface area contributed by atoms with E-state index in [4.69, 9.17) is 5.73 Å². The molecule has 0 fully saturated rings. The van der Waals surface area contributed by atoms with Crippen molar-refractivity contribution in [3.05, 3.63) is 63.0 Å². The Morgan fingerprint density at radius 1 is 1.25 bits per heavy atom. The van der Waals surface area contributed by atoms with E-state index in [2.05, 4.69) is 39.2 Å². The molecule has 0 bridgehead atoms. The van der Waals surface area contributed by atoms with E-state index in [9.17, 15) is 4.79 Å². The minimum absolute atomic E-state index is 0.130. The van der Waals surface area contributed by atoms with Crippen LogP contribution in [-0.4, -0.2) is 39.1 Å². The van der Waals surface area contributed by atoms with Gasteiger partial charge in [0.05, 0.1) is 6.54 Å². The lowest BCUT2D eigenvalue weighted by Gasteiger charge is -2.20. The molecule has 2 aromatic heterocycles. The van der Waals surface area contributed by atoms with Crippen LogP contribution in [0.15, 0.2) is 41.2 Å². The van der Waals surface area contributed by atoms with Crippen molar-refractivity contribution in [3.8, 4) is 0 Å². The molecule has 0 spiro atoms. The molecule has 126 valence electrons. The molecule has 0 radical (unpaired) electrons. The topological polar surface area (TPSA) is 76.5 Å². The molecule has 6 nitrogen and oxygen atoms in total. The van der Waals surface area contributed by atoms with Crippen LogP contribution in [0.5, 0.6) is 0 Å². The standard InChI is InChI=1S/C17H21N5OS/c1-13-11-16(23)22-17(19-13)24-15(20-22)12-21(10-8-18)9-7-14-5-3-2-4-6-14/h2-6,11H,7-10,12,18H2,1H3. The predicted octanol–water partition coefficient (Wildman–Crippen LogP) is 1.46. The minimum atomic E-state index is -0.130. The van der Waals surface area contributed by atoms with Crippen molar-refractivity contribution in [2.24, 2.45) is 5.73 Å². The number of hydrogen-bond donors (Lipinski definition) is 1. The van der Waals surface area contributed by atoms with Crippen molar-refractivity contribution in [1.29, 1.82) is 0 Å². The van der Waals surface area contributed by atoms with Gasteiger partial charge in [-0.05, 0) is 18.9 Å². The molecule has 3 aromatic rings. The summed E-state index contributed by atoms with van der Waals surface area (Å²) in [5.41, 5.74) is 7.64. The third-order valence-corrected chi connectivity index (χ3v) is 4.67.